The lowest BCUT2D eigenvalue weighted by Crippen LogP contribution is -2.43. The molecule has 0 heterocycles. The predicted octanol–water partition coefficient (Wildman–Crippen LogP) is -3.13. The van der Waals surface area contributed by atoms with Gasteiger partial charge in [-0.1, -0.05) is 0 Å². The van der Waals surface area contributed by atoms with Crippen molar-refractivity contribution >= 4 is 23.9 Å². The first-order chi connectivity index (χ1) is 11.1. The Labute approximate surface area is 137 Å². The SMILES string of the molecule is NCCO.O=C(O)CN(CCN(CC(=O)O)CC(=O)O)CC(=O)O. The molecule has 0 bridgehead atoms. The Balaban J connectivity index is 0. The molecule has 0 aliphatic heterocycles. The Morgan fingerprint density at radius 2 is 0.875 bits per heavy atom. The minimum absolute atomic E-state index is 0.0703. The van der Waals surface area contributed by atoms with E-state index in [1.807, 2.05) is 0 Å². The van der Waals surface area contributed by atoms with Gasteiger partial charge in [-0.3, -0.25) is 29.0 Å². The Morgan fingerprint density at radius 1 is 0.667 bits per heavy atom. The van der Waals surface area contributed by atoms with Crippen molar-refractivity contribution in [3.05, 3.63) is 0 Å². The van der Waals surface area contributed by atoms with Gasteiger partial charge in [0.25, 0.3) is 0 Å². The summed E-state index contributed by atoms with van der Waals surface area (Å²) in [4.78, 5) is 44.4. The van der Waals surface area contributed by atoms with E-state index < -0.39 is 50.1 Å². The zero-order chi connectivity index (χ0) is 19.1. The lowest BCUT2D eigenvalue weighted by Gasteiger charge is -2.23. The second kappa shape index (κ2) is 14.3. The monoisotopic (exact) mass is 353 g/mol. The van der Waals surface area contributed by atoms with Gasteiger partial charge >= 0.3 is 23.9 Å². The van der Waals surface area contributed by atoms with Crippen molar-refractivity contribution in [2.75, 3.05) is 52.4 Å². The summed E-state index contributed by atoms with van der Waals surface area (Å²) in [5, 5.41) is 42.2. The molecule has 0 saturated heterocycles. The summed E-state index contributed by atoms with van der Waals surface area (Å²) in [6.45, 7) is -1.78. The lowest BCUT2D eigenvalue weighted by atomic mass is 10.4. The molecule has 0 aliphatic rings. The highest BCUT2D eigenvalue weighted by molar-refractivity contribution is 5.73. The maximum absolute atomic E-state index is 10.6. The summed E-state index contributed by atoms with van der Waals surface area (Å²) in [6, 6.07) is 0. The fourth-order valence-corrected chi connectivity index (χ4v) is 1.48. The minimum atomic E-state index is -1.23. The van der Waals surface area contributed by atoms with Gasteiger partial charge in [0.2, 0.25) is 0 Å². The van der Waals surface area contributed by atoms with E-state index in [4.69, 9.17) is 31.3 Å². The van der Waals surface area contributed by atoms with Crippen LogP contribution < -0.4 is 5.73 Å². The maximum Gasteiger partial charge on any atom is 0.317 e. The zero-order valence-electron chi connectivity index (χ0n) is 13.0. The molecule has 0 aromatic rings. The smallest absolute Gasteiger partial charge is 0.317 e. The number of aliphatic hydroxyl groups is 1. The number of aliphatic carboxylic acids is 4. The number of nitrogens with zero attached hydrogens (tertiary/aromatic N) is 2. The highest BCUT2D eigenvalue weighted by Crippen LogP contribution is 1.94. The first-order valence-corrected chi connectivity index (χ1v) is 6.75. The number of rotatable bonds is 12. The molecule has 0 saturated carbocycles. The average Bonchev–Trinajstić information content (AvgIpc) is 2.42. The summed E-state index contributed by atoms with van der Waals surface area (Å²) in [7, 11) is 0. The molecular weight excluding hydrogens is 330 g/mol. The van der Waals surface area contributed by atoms with Crippen molar-refractivity contribution < 1.29 is 44.7 Å². The van der Waals surface area contributed by atoms with Crippen molar-refractivity contribution in [3.63, 3.8) is 0 Å². The quantitative estimate of drug-likeness (QED) is 0.206. The van der Waals surface area contributed by atoms with Crippen LogP contribution in [0.3, 0.4) is 0 Å². The van der Waals surface area contributed by atoms with Gasteiger partial charge in [-0.15, -0.1) is 0 Å². The predicted molar refractivity (Wildman–Crippen MR) is 79.6 cm³/mol. The number of aliphatic hydroxyl groups excluding tert-OH is 1. The third-order valence-electron chi connectivity index (χ3n) is 2.30. The fraction of sp³-hybridized carbons (Fsp3) is 0.667. The van der Waals surface area contributed by atoms with Crippen LogP contribution in [0.15, 0.2) is 0 Å². The summed E-state index contributed by atoms with van der Waals surface area (Å²) in [5.74, 6) is -4.91. The molecule has 12 nitrogen and oxygen atoms in total. The number of carbonyl (C=O) groups is 4. The topological polar surface area (TPSA) is 202 Å². The number of nitrogens with two attached hydrogens (primary N) is 1. The molecular formula is C12H23N3O9. The van der Waals surface area contributed by atoms with Crippen molar-refractivity contribution in [2.24, 2.45) is 5.73 Å². The number of carboxylic acids is 4. The Bertz CT molecular complexity index is 347. The fourth-order valence-electron chi connectivity index (χ4n) is 1.48. The van der Waals surface area contributed by atoms with Crippen LogP contribution >= 0.6 is 0 Å². The molecule has 0 radical (unpaired) electrons. The molecule has 140 valence electrons. The minimum Gasteiger partial charge on any atom is -0.480 e. The van der Waals surface area contributed by atoms with E-state index in [2.05, 4.69) is 0 Å². The second-order valence-corrected chi connectivity index (χ2v) is 4.51. The van der Waals surface area contributed by atoms with Crippen LogP contribution in [0.2, 0.25) is 0 Å². The number of hydrogen-bond donors (Lipinski definition) is 6. The van der Waals surface area contributed by atoms with Crippen LogP contribution in [0.5, 0.6) is 0 Å². The zero-order valence-corrected chi connectivity index (χ0v) is 13.0. The largest absolute Gasteiger partial charge is 0.480 e. The van der Waals surface area contributed by atoms with Crippen LogP contribution in [-0.2, 0) is 19.2 Å². The average molecular weight is 353 g/mol. The third-order valence-corrected chi connectivity index (χ3v) is 2.30. The van der Waals surface area contributed by atoms with Crippen LogP contribution in [-0.4, -0.2) is 112 Å². The van der Waals surface area contributed by atoms with Gasteiger partial charge in [0.1, 0.15) is 0 Å². The molecule has 0 aromatic carbocycles. The Kier molecular flexibility index (Phi) is 14.3. The first-order valence-electron chi connectivity index (χ1n) is 6.75. The van der Waals surface area contributed by atoms with Gasteiger partial charge < -0.3 is 31.3 Å². The van der Waals surface area contributed by atoms with Crippen LogP contribution in [0.1, 0.15) is 0 Å². The molecule has 0 atom stereocenters. The van der Waals surface area contributed by atoms with Gasteiger partial charge in [-0.25, -0.2) is 0 Å². The highest BCUT2D eigenvalue weighted by atomic mass is 16.4. The van der Waals surface area contributed by atoms with Crippen LogP contribution in [0, 0.1) is 0 Å². The van der Waals surface area contributed by atoms with Crippen molar-refractivity contribution in [3.8, 4) is 0 Å². The van der Waals surface area contributed by atoms with E-state index in [9.17, 15) is 19.2 Å². The summed E-state index contributed by atoms with van der Waals surface area (Å²) >= 11 is 0. The van der Waals surface area contributed by atoms with E-state index in [0.29, 0.717) is 6.54 Å². The first kappa shape index (κ1) is 24.0. The van der Waals surface area contributed by atoms with Gasteiger partial charge in [-0.2, -0.15) is 0 Å². The third kappa shape index (κ3) is 17.8. The van der Waals surface area contributed by atoms with E-state index in [1.165, 1.54) is 0 Å². The van der Waals surface area contributed by atoms with E-state index in [1.54, 1.807) is 0 Å². The molecule has 7 N–H and O–H groups in total. The van der Waals surface area contributed by atoms with Crippen molar-refractivity contribution in [1.82, 2.24) is 9.80 Å². The Morgan fingerprint density at radius 3 is 1.00 bits per heavy atom. The number of hydrogen-bond acceptors (Lipinski definition) is 8. The molecule has 0 aromatic heterocycles. The van der Waals surface area contributed by atoms with Crippen LogP contribution in [0.4, 0.5) is 0 Å². The molecule has 0 rings (SSSR count). The highest BCUT2D eigenvalue weighted by Gasteiger charge is 2.17. The standard InChI is InChI=1S/C10H16N2O8.C2H7NO/c13-7(14)3-11(4-8(15)16)1-2-12(5-9(17)18)6-10(19)20;3-1-2-4/h1-6H2,(H,13,14)(H,15,16)(H,17,18)(H,19,20);4H,1-3H2. The van der Waals surface area contributed by atoms with E-state index in [0.717, 1.165) is 9.80 Å². The molecule has 0 amide bonds. The molecule has 24 heavy (non-hydrogen) atoms. The second-order valence-electron chi connectivity index (χ2n) is 4.51. The van der Waals surface area contributed by atoms with Crippen molar-refractivity contribution in [2.45, 2.75) is 0 Å². The van der Waals surface area contributed by atoms with E-state index >= 15 is 0 Å². The molecule has 0 unspecified atom stereocenters. The van der Waals surface area contributed by atoms with Crippen LogP contribution in [0.25, 0.3) is 0 Å². The van der Waals surface area contributed by atoms with Gasteiger partial charge in [0.15, 0.2) is 0 Å². The van der Waals surface area contributed by atoms with Gasteiger partial charge in [-0.05, 0) is 0 Å². The normalized spacial score (nSPS) is 10.2. The molecule has 12 heteroatoms. The number of carboxylic acid groups (broad SMARTS) is 4. The molecule has 0 aliphatic carbocycles. The van der Waals surface area contributed by atoms with Crippen molar-refractivity contribution in [1.29, 1.82) is 0 Å². The summed E-state index contributed by atoms with van der Waals surface area (Å²) < 4.78 is 0. The maximum atomic E-state index is 10.6. The van der Waals surface area contributed by atoms with E-state index in [-0.39, 0.29) is 19.7 Å². The molecule has 0 fully saturated rings. The Hall–Kier alpha value is -2.28. The van der Waals surface area contributed by atoms with Gasteiger partial charge in [0, 0.05) is 19.6 Å². The van der Waals surface area contributed by atoms with Gasteiger partial charge in [0.05, 0.1) is 32.8 Å². The summed E-state index contributed by atoms with van der Waals surface area (Å²) in [5.41, 5.74) is 4.78. The summed E-state index contributed by atoms with van der Waals surface area (Å²) in [6.07, 6.45) is 0. The lowest BCUT2D eigenvalue weighted by molar-refractivity contribution is -0.145. The molecule has 0 spiro atoms.